The molecule has 2 aliphatic heterocycles. The summed E-state index contributed by atoms with van der Waals surface area (Å²) in [4.78, 5) is 28.6. The number of amides is 3. The van der Waals surface area contributed by atoms with Crippen LogP contribution < -0.4 is 15.5 Å². The number of hydrogen-bond donors (Lipinski definition) is 2. The van der Waals surface area contributed by atoms with Gasteiger partial charge in [-0.1, -0.05) is 0 Å². The molecule has 2 aromatic heterocycles. The largest absolute Gasteiger partial charge is 0.373 e. The first-order chi connectivity index (χ1) is 12.8. The zero-order chi connectivity index (χ0) is 19.3. The van der Waals surface area contributed by atoms with Crippen LogP contribution in [-0.2, 0) is 9.53 Å². The number of anilines is 1. The number of imide groups is 1. The second-order valence-electron chi connectivity index (χ2n) is 6.39. The smallest absolute Gasteiger partial charge is 0.321 e. The van der Waals surface area contributed by atoms with E-state index in [1.807, 2.05) is 0 Å². The third-order valence-corrected chi connectivity index (χ3v) is 4.69. The highest BCUT2D eigenvalue weighted by Gasteiger charge is 2.49. The molecule has 0 saturated carbocycles. The van der Waals surface area contributed by atoms with Gasteiger partial charge in [0.25, 0.3) is 5.92 Å². The van der Waals surface area contributed by atoms with Gasteiger partial charge in [-0.25, -0.2) is 18.6 Å². The van der Waals surface area contributed by atoms with E-state index in [4.69, 9.17) is 4.74 Å². The van der Waals surface area contributed by atoms with Crippen LogP contribution in [0.15, 0.2) is 12.3 Å². The molecule has 0 spiro atoms. The van der Waals surface area contributed by atoms with Gasteiger partial charge in [0.15, 0.2) is 5.65 Å². The zero-order valence-electron chi connectivity index (χ0n) is 14.1. The Labute approximate surface area is 150 Å². The van der Waals surface area contributed by atoms with Crippen molar-refractivity contribution in [3.8, 4) is 0 Å². The maximum Gasteiger partial charge on any atom is 0.321 e. The van der Waals surface area contributed by atoms with Crippen LogP contribution in [0.2, 0.25) is 0 Å². The molecule has 9 nitrogen and oxygen atoms in total. The van der Waals surface area contributed by atoms with Gasteiger partial charge < -0.3 is 15.0 Å². The molecule has 2 N–H and O–H groups in total. The van der Waals surface area contributed by atoms with Crippen molar-refractivity contribution in [2.45, 2.75) is 17.9 Å². The van der Waals surface area contributed by atoms with Crippen molar-refractivity contribution in [1.82, 2.24) is 25.2 Å². The lowest BCUT2D eigenvalue weighted by Gasteiger charge is -2.24. The number of aromatic nitrogens is 3. The van der Waals surface area contributed by atoms with Crippen LogP contribution in [0.4, 0.5) is 23.7 Å². The molecular formula is C15H15F3N6O3. The lowest BCUT2D eigenvalue weighted by Crippen LogP contribution is -2.51. The van der Waals surface area contributed by atoms with Gasteiger partial charge in [-0.3, -0.25) is 10.1 Å². The van der Waals surface area contributed by atoms with Crippen molar-refractivity contribution in [2.75, 3.05) is 31.6 Å². The maximum absolute atomic E-state index is 14.1. The van der Waals surface area contributed by atoms with E-state index in [1.165, 1.54) is 18.1 Å². The fraction of sp³-hybridized carbons (Fsp3) is 0.467. The molecule has 2 unspecified atom stereocenters. The van der Waals surface area contributed by atoms with E-state index >= 15 is 0 Å². The normalized spacial score (nSPS) is 25.0. The number of fused-ring (bicyclic) bond motifs is 1. The van der Waals surface area contributed by atoms with E-state index in [2.05, 4.69) is 20.7 Å². The second kappa shape index (κ2) is 6.08. The first kappa shape index (κ1) is 17.5. The second-order valence-corrected chi connectivity index (χ2v) is 6.39. The van der Waals surface area contributed by atoms with Gasteiger partial charge >= 0.3 is 6.03 Å². The number of urea groups is 1. The van der Waals surface area contributed by atoms with E-state index < -0.39 is 42.4 Å². The zero-order valence-corrected chi connectivity index (χ0v) is 14.1. The number of ether oxygens (including phenoxy) is 1. The standard InChI is InChI=1S/C15H15F3N6O3/c1-27-10-5-23(6-15(10,17)18)9-2-8(7-3-20-14(26)21-13(7)25)22-24-11(16)4-19-12(9)24/h2,4,7,10H,3,5-6H2,1H3,(H2,20,21,25,26). The minimum Gasteiger partial charge on any atom is -0.373 e. The van der Waals surface area contributed by atoms with Crippen molar-refractivity contribution in [3.05, 3.63) is 23.9 Å². The number of nitrogens with zero attached hydrogens (tertiary/aromatic N) is 4. The number of carbonyl (C=O) groups is 2. The average molecular weight is 384 g/mol. The number of alkyl halides is 2. The summed E-state index contributed by atoms with van der Waals surface area (Å²) in [7, 11) is 1.19. The lowest BCUT2D eigenvalue weighted by molar-refractivity contribution is -0.122. The molecule has 27 heavy (non-hydrogen) atoms. The van der Waals surface area contributed by atoms with Gasteiger partial charge in [0.2, 0.25) is 11.9 Å². The molecule has 0 radical (unpaired) electrons. The number of hydrogen-bond acceptors (Lipinski definition) is 6. The van der Waals surface area contributed by atoms with Crippen molar-refractivity contribution in [2.24, 2.45) is 0 Å². The van der Waals surface area contributed by atoms with E-state index in [0.717, 1.165) is 10.7 Å². The van der Waals surface area contributed by atoms with Gasteiger partial charge in [0.05, 0.1) is 36.6 Å². The highest BCUT2D eigenvalue weighted by molar-refractivity contribution is 6.00. The van der Waals surface area contributed by atoms with Gasteiger partial charge in [0, 0.05) is 13.7 Å². The Bertz CT molecular complexity index is 933. The van der Waals surface area contributed by atoms with Crippen molar-refractivity contribution < 1.29 is 27.5 Å². The van der Waals surface area contributed by atoms with Crippen molar-refractivity contribution >= 4 is 23.3 Å². The number of imidazole rings is 1. The van der Waals surface area contributed by atoms with Crippen LogP contribution in [0.3, 0.4) is 0 Å². The fourth-order valence-corrected chi connectivity index (χ4v) is 3.30. The van der Waals surface area contributed by atoms with Crippen molar-refractivity contribution in [3.63, 3.8) is 0 Å². The Balaban J connectivity index is 1.79. The molecule has 2 fully saturated rings. The molecule has 4 rings (SSSR count). The minimum atomic E-state index is -3.10. The Morgan fingerprint density at radius 3 is 2.81 bits per heavy atom. The topological polar surface area (TPSA) is 101 Å². The quantitative estimate of drug-likeness (QED) is 0.788. The summed E-state index contributed by atoms with van der Waals surface area (Å²) in [6.07, 6.45) is -0.411. The highest BCUT2D eigenvalue weighted by Crippen LogP contribution is 2.35. The molecule has 2 aliphatic rings. The third kappa shape index (κ3) is 2.85. The van der Waals surface area contributed by atoms with Crippen LogP contribution in [-0.4, -0.2) is 65.3 Å². The summed E-state index contributed by atoms with van der Waals surface area (Å²) >= 11 is 0. The minimum absolute atomic E-state index is 0.0454. The van der Waals surface area contributed by atoms with Crippen LogP contribution >= 0.6 is 0 Å². The first-order valence-electron chi connectivity index (χ1n) is 8.08. The number of halogens is 3. The molecule has 3 amide bonds. The predicted molar refractivity (Wildman–Crippen MR) is 85.2 cm³/mol. The Hall–Kier alpha value is -2.89. The number of methoxy groups -OCH3 is 1. The molecule has 2 aromatic rings. The summed E-state index contributed by atoms with van der Waals surface area (Å²) in [6.45, 7) is -0.826. The monoisotopic (exact) mass is 384 g/mol. The number of nitrogens with one attached hydrogen (secondary N) is 2. The van der Waals surface area contributed by atoms with Gasteiger partial charge in [0.1, 0.15) is 6.10 Å². The van der Waals surface area contributed by atoms with Gasteiger partial charge in [-0.05, 0) is 6.07 Å². The first-order valence-corrected chi connectivity index (χ1v) is 8.08. The van der Waals surface area contributed by atoms with E-state index in [1.54, 1.807) is 0 Å². The average Bonchev–Trinajstić information content (AvgIpc) is 3.13. The molecule has 0 aromatic carbocycles. The summed E-state index contributed by atoms with van der Waals surface area (Å²) in [5, 5.41) is 8.62. The lowest BCUT2D eigenvalue weighted by atomic mass is 10.0. The summed E-state index contributed by atoms with van der Waals surface area (Å²) < 4.78 is 48.0. The molecule has 12 heteroatoms. The number of rotatable bonds is 3. The van der Waals surface area contributed by atoms with Crippen LogP contribution in [0.25, 0.3) is 5.65 Å². The van der Waals surface area contributed by atoms with Crippen LogP contribution in [0.5, 0.6) is 0 Å². The molecule has 144 valence electrons. The number of carbonyl (C=O) groups excluding carboxylic acids is 2. The summed E-state index contributed by atoms with van der Waals surface area (Å²) in [6, 6.07) is 0.769. The van der Waals surface area contributed by atoms with E-state index in [-0.39, 0.29) is 30.1 Å². The summed E-state index contributed by atoms with van der Waals surface area (Å²) in [5.74, 6) is -5.41. The van der Waals surface area contributed by atoms with Crippen LogP contribution in [0.1, 0.15) is 11.6 Å². The van der Waals surface area contributed by atoms with Gasteiger partial charge in [-0.2, -0.15) is 14.0 Å². The third-order valence-electron chi connectivity index (χ3n) is 4.69. The predicted octanol–water partition coefficient (Wildman–Crippen LogP) is 0.262. The van der Waals surface area contributed by atoms with Crippen molar-refractivity contribution in [1.29, 1.82) is 0 Å². The van der Waals surface area contributed by atoms with E-state index in [9.17, 15) is 22.8 Å². The highest BCUT2D eigenvalue weighted by atomic mass is 19.3. The summed E-state index contributed by atoms with van der Waals surface area (Å²) in [5.41, 5.74) is 0.368. The Kier molecular flexibility index (Phi) is 3.94. The molecule has 0 aliphatic carbocycles. The van der Waals surface area contributed by atoms with E-state index in [0.29, 0.717) is 0 Å². The molecular weight excluding hydrogens is 369 g/mol. The fourth-order valence-electron chi connectivity index (χ4n) is 3.30. The Morgan fingerprint density at radius 2 is 2.15 bits per heavy atom. The molecule has 0 bridgehead atoms. The maximum atomic E-state index is 14.1. The molecule has 2 saturated heterocycles. The van der Waals surface area contributed by atoms with Crippen LogP contribution in [0, 0.1) is 5.95 Å². The molecule has 4 heterocycles. The SMILES string of the molecule is COC1CN(c2cc(C3CNC(=O)NC3=O)nn3c(F)cnc23)CC1(F)F. The van der Waals surface area contributed by atoms with Gasteiger partial charge in [-0.15, -0.1) is 0 Å². The Morgan fingerprint density at radius 1 is 1.37 bits per heavy atom. The molecule has 2 atom stereocenters.